The van der Waals surface area contributed by atoms with Crippen LogP contribution in [0.25, 0.3) is 4.96 Å². The van der Waals surface area contributed by atoms with Crippen molar-refractivity contribution < 1.29 is 14.3 Å². The lowest BCUT2D eigenvalue weighted by Crippen LogP contribution is -2.16. The Morgan fingerprint density at radius 3 is 2.64 bits per heavy atom. The number of anilines is 1. The van der Waals surface area contributed by atoms with E-state index in [-0.39, 0.29) is 24.0 Å². The van der Waals surface area contributed by atoms with Gasteiger partial charge in [-0.05, 0) is 37.1 Å². The topological polar surface area (TPSA) is 89.8 Å². The van der Waals surface area contributed by atoms with Gasteiger partial charge < -0.3 is 10.1 Å². The summed E-state index contributed by atoms with van der Waals surface area (Å²) in [6.07, 6.45) is 0.435. The van der Waals surface area contributed by atoms with E-state index in [4.69, 9.17) is 4.74 Å². The van der Waals surface area contributed by atoms with Gasteiger partial charge >= 0.3 is 5.97 Å². The fourth-order valence-corrected chi connectivity index (χ4v) is 3.56. The number of hydrogen-bond acceptors (Lipinski definition) is 6. The Kier molecular flexibility index (Phi) is 5.89. The van der Waals surface area contributed by atoms with Gasteiger partial charge in [-0.3, -0.25) is 14.0 Å². The number of hydrogen-bond donors (Lipinski definition) is 1. The number of nitrogens with one attached hydrogen (secondary N) is 1. The molecule has 0 radical (unpaired) electrons. The van der Waals surface area contributed by atoms with Gasteiger partial charge in [-0.25, -0.2) is 9.78 Å². The highest BCUT2D eigenvalue weighted by atomic mass is 32.1. The summed E-state index contributed by atoms with van der Waals surface area (Å²) >= 11 is 1.36. The number of benzene rings is 1. The number of nitrogens with zero attached hydrogens (tertiary/aromatic N) is 2. The molecule has 146 valence electrons. The molecule has 0 spiro atoms. The number of rotatable bonds is 6. The summed E-state index contributed by atoms with van der Waals surface area (Å²) in [4.78, 5) is 41.1. The van der Waals surface area contributed by atoms with E-state index in [0.717, 1.165) is 5.69 Å². The first kappa shape index (κ1) is 19.8. The summed E-state index contributed by atoms with van der Waals surface area (Å²) in [7, 11) is 0. The van der Waals surface area contributed by atoms with Crippen molar-refractivity contribution in [3.05, 3.63) is 63.0 Å². The number of aromatic nitrogens is 2. The Morgan fingerprint density at radius 1 is 1.25 bits per heavy atom. The first-order chi connectivity index (χ1) is 13.3. The number of fused-ring (bicyclic) bond motifs is 1. The first-order valence-electron chi connectivity index (χ1n) is 8.87. The van der Waals surface area contributed by atoms with Crippen molar-refractivity contribution in [3.63, 3.8) is 0 Å². The van der Waals surface area contributed by atoms with E-state index >= 15 is 0 Å². The maximum Gasteiger partial charge on any atom is 0.338 e. The zero-order valence-corrected chi connectivity index (χ0v) is 16.7. The van der Waals surface area contributed by atoms with Gasteiger partial charge in [0.2, 0.25) is 5.91 Å². The van der Waals surface area contributed by atoms with Crippen molar-refractivity contribution in [2.24, 2.45) is 5.92 Å². The van der Waals surface area contributed by atoms with E-state index in [1.54, 1.807) is 24.3 Å². The minimum Gasteiger partial charge on any atom is -0.456 e. The Labute approximate surface area is 166 Å². The van der Waals surface area contributed by atoms with E-state index in [1.165, 1.54) is 21.8 Å². The third-order valence-electron chi connectivity index (χ3n) is 3.98. The van der Waals surface area contributed by atoms with Crippen LogP contribution in [0.1, 0.15) is 42.0 Å². The molecule has 2 aromatic heterocycles. The Morgan fingerprint density at radius 2 is 1.96 bits per heavy atom. The number of carbonyl (C=O) groups excluding carboxylic acids is 2. The van der Waals surface area contributed by atoms with Crippen LogP contribution in [0.15, 0.2) is 40.5 Å². The van der Waals surface area contributed by atoms with E-state index in [1.807, 2.05) is 26.2 Å². The third kappa shape index (κ3) is 4.64. The Hall–Kier alpha value is -3.00. The zero-order chi connectivity index (χ0) is 20.3. The van der Waals surface area contributed by atoms with Crippen LogP contribution in [0.2, 0.25) is 0 Å². The summed E-state index contributed by atoms with van der Waals surface area (Å²) in [5, 5.41) is 4.63. The molecule has 0 saturated carbocycles. The molecule has 1 N–H and O–H groups in total. The van der Waals surface area contributed by atoms with Crippen LogP contribution in [-0.2, 0) is 16.1 Å². The first-order valence-corrected chi connectivity index (χ1v) is 9.75. The minimum absolute atomic E-state index is 0.0677. The maximum absolute atomic E-state index is 12.2. The van der Waals surface area contributed by atoms with Crippen molar-refractivity contribution in [2.75, 3.05) is 5.32 Å². The summed E-state index contributed by atoms with van der Waals surface area (Å²) < 4.78 is 6.78. The van der Waals surface area contributed by atoms with Crippen LogP contribution in [0.3, 0.4) is 0 Å². The van der Waals surface area contributed by atoms with Crippen molar-refractivity contribution >= 4 is 33.9 Å². The number of ether oxygens (including phenoxy) is 1. The molecule has 8 heteroatoms. The molecule has 3 aromatic rings. The van der Waals surface area contributed by atoms with Crippen LogP contribution >= 0.6 is 11.3 Å². The van der Waals surface area contributed by atoms with Gasteiger partial charge in [0, 0.05) is 29.2 Å². The summed E-state index contributed by atoms with van der Waals surface area (Å²) in [5.41, 5.74) is 2.00. The van der Waals surface area contributed by atoms with Gasteiger partial charge in [-0.15, -0.1) is 11.3 Å². The largest absolute Gasteiger partial charge is 0.456 e. The van der Waals surface area contributed by atoms with Gasteiger partial charge in [-0.1, -0.05) is 13.8 Å². The van der Waals surface area contributed by atoms with Gasteiger partial charge in [0.1, 0.15) is 6.61 Å². The molecule has 3 rings (SSSR count). The van der Waals surface area contributed by atoms with Crippen molar-refractivity contribution in [1.82, 2.24) is 9.38 Å². The van der Waals surface area contributed by atoms with Gasteiger partial charge in [0.25, 0.3) is 5.56 Å². The van der Waals surface area contributed by atoms with Crippen LogP contribution in [0.5, 0.6) is 0 Å². The van der Waals surface area contributed by atoms with Gasteiger partial charge in [0.15, 0.2) is 4.96 Å². The van der Waals surface area contributed by atoms with Crippen LogP contribution in [0, 0.1) is 12.8 Å². The predicted molar refractivity (Wildman–Crippen MR) is 108 cm³/mol. The highest BCUT2D eigenvalue weighted by Gasteiger charge is 2.11. The molecule has 0 aliphatic carbocycles. The molecule has 2 heterocycles. The van der Waals surface area contributed by atoms with E-state index in [9.17, 15) is 14.4 Å². The van der Waals surface area contributed by atoms with Crippen molar-refractivity contribution in [1.29, 1.82) is 0 Å². The zero-order valence-electron chi connectivity index (χ0n) is 15.9. The molecule has 1 aromatic carbocycles. The molecule has 0 aliphatic heterocycles. The fraction of sp³-hybridized carbons (Fsp3) is 0.300. The molecule has 0 aliphatic rings. The second-order valence-electron chi connectivity index (χ2n) is 6.88. The number of thiazole rings is 1. The molecule has 0 atom stereocenters. The van der Waals surface area contributed by atoms with E-state index in [0.29, 0.717) is 28.3 Å². The summed E-state index contributed by atoms with van der Waals surface area (Å²) in [5.74, 6) is -0.320. The molecule has 0 bridgehead atoms. The van der Waals surface area contributed by atoms with E-state index < -0.39 is 5.97 Å². The lowest BCUT2D eigenvalue weighted by atomic mass is 10.1. The number of amides is 1. The second kappa shape index (κ2) is 8.35. The molecular formula is C20H21N3O4S. The monoisotopic (exact) mass is 399 g/mol. The molecule has 0 unspecified atom stereocenters. The summed E-state index contributed by atoms with van der Waals surface area (Å²) in [6, 6.07) is 7.84. The van der Waals surface area contributed by atoms with Crippen molar-refractivity contribution in [2.45, 2.75) is 33.8 Å². The normalized spacial score (nSPS) is 11.0. The molecule has 0 saturated heterocycles. The smallest absolute Gasteiger partial charge is 0.338 e. The van der Waals surface area contributed by atoms with Crippen LogP contribution < -0.4 is 10.9 Å². The van der Waals surface area contributed by atoms with E-state index in [2.05, 4.69) is 10.3 Å². The molecule has 7 nitrogen and oxygen atoms in total. The van der Waals surface area contributed by atoms with Crippen LogP contribution in [-0.4, -0.2) is 21.3 Å². The average Bonchev–Trinajstić information content (AvgIpc) is 3.01. The molecule has 0 fully saturated rings. The highest BCUT2D eigenvalue weighted by Crippen LogP contribution is 2.14. The highest BCUT2D eigenvalue weighted by molar-refractivity contribution is 7.15. The summed E-state index contributed by atoms with van der Waals surface area (Å²) in [6.45, 7) is 5.69. The second-order valence-corrected chi connectivity index (χ2v) is 7.72. The standard InChI is InChI=1S/C20H21N3O4S/c1-12(2)8-17(24)21-15-6-4-14(5-7-15)19(26)27-10-16-9-18(25)23-13(3)11-28-20(23)22-16/h4-7,9,11-12H,8,10H2,1-3H3,(H,21,24). The Bertz CT molecular complexity index is 1070. The lowest BCUT2D eigenvalue weighted by Gasteiger charge is -2.08. The van der Waals surface area contributed by atoms with Gasteiger partial charge in [0.05, 0.1) is 11.3 Å². The minimum atomic E-state index is -0.524. The molecular weight excluding hydrogens is 378 g/mol. The third-order valence-corrected chi connectivity index (χ3v) is 4.92. The van der Waals surface area contributed by atoms with Crippen molar-refractivity contribution in [3.8, 4) is 0 Å². The number of aryl methyl sites for hydroxylation is 1. The van der Waals surface area contributed by atoms with Gasteiger partial charge in [-0.2, -0.15) is 0 Å². The number of carbonyl (C=O) groups is 2. The SMILES string of the molecule is Cc1csc2nc(COC(=O)c3ccc(NC(=O)CC(C)C)cc3)cc(=O)n12. The fourth-order valence-electron chi connectivity index (χ4n) is 2.67. The lowest BCUT2D eigenvalue weighted by molar-refractivity contribution is -0.116. The number of esters is 1. The average molecular weight is 399 g/mol. The quantitative estimate of drug-likeness (QED) is 0.642. The molecule has 28 heavy (non-hydrogen) atoms. The Balaban J connectivity index is 1.62. The molecule has 1 amide bonds. The maximum atomic E-state index is 12.2. The predicted octanol–water partition coefficient (Wildman–Crippen LogP) is 3.41. The van der Waals surface area contributed by atoms with Crippen LogP contribution in [0.4, 0.5) is 5.69 Å².